The van der Waals surface area contributed by atoms with E-state index in [2.05, 4.69) is 0 Å². The third-order valence-electron chi connectivity index (χ3n) is 1.55. The van der Waals surface area contributed by atoms with Crippen LogP contribution in [0.25, 0.3) is 0 Å². The van der Waals surface area contributed by atoms with Crippen LogP contribution < -0.4 is 0 Å². The molecule has 1 aromatic carbocycles. The smallest absolute Gasteiger partial charge is 0.178 e. The van der Waals surface area contributed by atoms with E-state index in [1.54, 1.807) is 6.92 Å². The van der Waals surface area contributed by atoms with Crippen LogP contribution in [0.4, 0.5) is 4.39 Å². The molecule has 0 saturated carbocycles. The number of sulfone groups is 1. The van der Waals surface area contributed by atoms with Crippen molar-refractivity contribution in [2.24, 2.45) is 0 Å². The van der Waals surface area contributed by atoms with Crippen molar-refractivity contribution >= 4 is 9.84 Å². The molecule has 0 N–H and O–H groups in total. The second kappa shape index (κ2) is 3.23. The lowest BCUT2D eigenvalue weighted by molar-refractivity contribution is 0.596. The molecule has 0 aliphatic carbocycles. The van der Waals surface area contributed by atoms with Crippen LogP contribution in [-0.2, 0) is 9.84 Å². The zero-order chi connectivity index (χ0) is 9.19. The number of hydrogen-bond donors (Lipinski definition) is 0. The van der Waals surface area contributed by atoms with Crippen LogP contribution >= 0.6 is 0 Å². The fraction of sp³-hybridized carbons (Fsp3) is 0.250. The Morgan fingerprint density at radius 3 is 2.17 bits per heavy atom. The molecular formula is C8H9FO2S. The molecule has 4 heteroatoms. The van der Waals surface area contributed by atoms with Gasteiger partial charge in [0, 0.05) is 0 Å². The van der Waals surface area contributed by atoms with Crippen molar-refractivity contribution in [1.82, 2.24) is 0 Å². The van der Waals surface area contributed by atoms with Gasteiger partial charge in [0.25, 0.3) is 0 Å². The molecule has 0 aliphatic heterocycles. The monoisotopic (exact) mass is 188 g/mol. The molecule has 0 unspecified atom stereocenters. The highest BCUT2D eigenvalue weighted by atomic mass is 32.2. The fourth-order valence-corrected chi connectivity index (χ4v) is 1.69. The zero-order valence-electron chi connectivity index (χ0n) is 6.62. The standard InChI is InChI=1S/C8H9FO2S/c1-2-12(10,11)8-5-3-7(9)4-6-8/h3-6H,2H2,1H3. The summed E-state index contributed by atoms with van der Waals surface area (Å²) in [6.45, 7) is 1.55. The summed E-state index contributed by atoms with van der Waals surface area (Å²) in [7, 11) is -3.18. The minimum absolute atomic E-state index is 0.0403. The van der Waals surface area contributed by atoms with Crippen molar-refractivity contribution in [3.05, 3.63) is 30.1 Å². The second-order valence-electron chi connectivity index (χ2n) is 2.36. The van der Waals surface area contributed by atoms with Gasteiger partial charge in [-0.25, -0.2) is 12.8 Å². The fourth-order valence-electron chi connectivity index (χ4n) is 0.809. The van der Waals surface area contributed by atoms with Gasteiger partial charge < -0.3 is 0 Å². The van der Waals surface area contributed by atoms with Crippen LogP contribution in [0.5, 0.6) is 0 Å². The molecule has 0 saturated heterocycles. The lowest BCUT2D eigenvalue weighted by Crippen LogP contribution is -2.03. The van der Waals surface area contributed by atoms with Crippen LogP contribution in [0, 0.1) is 5.82 Å². The van der Waals surface area contributed by atoms with E-state index in [1.165, 1.54) is 12.1 Å². The number of rotatable bonds is 2. The van der Waals surface area contributed by atoms with Gasteiger partial charge in [-0.05, 0) is 24.3 Å². The molecule has 0 heterocycles. The Morgan fingerprint density at radius 1 is 1.25 bits per heavy atom. The molecule has 0 atom stereocenters. The maximum absolute atomic E-state index is 12.4. The Bertz CT molecular complexity index is 353. The number of benzene rings is 1. The SMILES string of the molecule is CCS(=O)(=O)c1ccc(F)cc1. The second-order valence-corrected chi connectivity index (χ2v) is 4.64. The predicted molar refractivity (Wildman–Crippen MR) is 44.1 cm³/mol. The molecule has 0 bridgehead atoms. The Balaban J connectivity index is 3.14. The highest BCUT2D eigenvalue weighted by Gasteiger charge is 2.10. The van der Waals surface area contributed by atoms with E-state index in [1.807, 2.05) is 0 Å². The van der Waals surface area contributed by atoms with Crippen molar-refractivity contribution < 1.29 is 12.8 Å². The number of hydrogen-bond acceptors (Lipinski definition) is 2. The van der Waals surface area contributed by atoms with Gasteiger partial charge in [-0.3, -0.25) is 0 Å². The van der Waals surface area contributed by atoms with E-state index in [-0.39, 0.29) is 10.6 Å². The quantitative estimate of drug-likeness (QED) is 0.661. The normalized spacial score (nSPS) is 11.5. The molecule has 12 heavy (non-hydrogen) atoms. The molecule has 66 valence electrons. The van der Waals surface area contributed by atoms with Crippen molar-refractivity contribution in [1.29, 1.82) is 0 Å². The Labute approximate surface area is 71.0 Å². The van der Waals surface area contributed by atoms with Gasteiger partial charge in [-0.2, -0.15) is 0 Å². The van der Waals surface area contributed by atoms with Crippen LogP contribution in [-0.4, -0.2) is 14.2 Å². The zero-order valence-corrected chi connectivity index (χ0v) is 7.44. The van der Waals surface area contributed by atoms with Crippen LogP contribution in [0.3, 0.4) is 0 Å². The maximum Gasteiger partial charge on any atom is 0.178 e. The molecule has 1 aromatic rings. The van der Waals surface area contributed by atoms with Crippen molar-refractivity contribution in [2.45, 2.75) is 11.8 Å². The first-order valence-corrected chi connectivity index (χ1v) is 5.20. The lowest BCUT2D eigenvalue weighted by Gasteiger charge is -1.99. The molecular weight excluding hydrogens is 179 g/mol. The molecule has 0 fully saturated rings. The molecule has 1 rings (SSSR count). The molecule has 0 aliphatic rings. The molecule has 0 radical (unpaired) electrons. The van der Waals surface area contributed by atoms with Crippen molar-refractivity contribution in [3.8, 4) is 0 Å². The minimum atomic E-state index is -3.18. The molecule has 2 nitrogen and oxygen atoms in total. The third kappa shape index (κ3) is 1.82. The largest absolute Gasteiger partial charge is 0.224 e. The topological polar surface area (TPSA) is 34.1 Å². The third-order valence-corrected chi connectivity index (χ3v) is 3.30. The molecule has 0 aromatic heterocycles. The van der Waals surface area contributed by atoms with Crippen molar-refractivity contribution in [3.63, 3.8) is 0 Å². The average Bonchev–Trinajstić information content (AvgIpc) is 2.05. The predicted octanol–water partition coefficient (Wildman–Crippen LogP) is 1.62. The summed E-state index contributed by atoms with van der Waals surface area (Å²) in [5.74, 6) is -0.386. The highest BCUT2D eigenvalue weighted by Crippen LogP contribution is 2.10. The van der Waals surface area contributed by atoms with Crippen LogP contribution in [0.1, 0.15) is 6.92 Å². The van der Waals surface area contributed by atoms with Gasteiger partial charge in [-0.15, -0.1) is 0 Å². The first-order valence-electron chi connectivity index (χ1n) is 3.54. The van der Waals surface area contributed by atoms with Crippen molar-refractivity contribution in [2.75, 3.05) is 5.75 Å². The summed E-state index contributed by atoms with van der Waals surface area (Å²) in [5.41, 5.74) is 0. The highest BCUT2D eigenvalue weighted by molar-refractivity contribution is 7.91. The summed E-state index contributed by atoms with van der Waals surface area (Å²) in [4.78, 5) is 0.173. The van der Waals surface area contributed by atoms with E-state index >= 15 is 0 Å². The Kier molecular flexibility index (Phi) is 2.47. The number of halogens is 1. The molecule has 0 amide bonds. The van der Waals surface area contributed by atoms with Gasteiger partial charge in [0.05, 0.1) is 10.6 Å². The Morgan fingerprint density at radius 2 is 1.75 bits per heavy atom. The summed E-state index contributed by atoms with van der Waals surface area (Å²) in [6.07, 6.45) is 0. The van der Waals surface area contributed by atoms with Crippen LogP contribution in [0.2, 0.25) is 0 Å². The lowest BCUT2D eigenvalue weighted by atomic mass is 10.4. The van der Waals surface area contributed by atoms with E-state index < -0.39 is 15.7 Å². The average molecular weight is 188 g/mol. The summed E-state index contributed by atoms with van der Waals surface area (Å²) in [6, 6.07) is 4.83. The summed E-state index contributed by atoms with van der Waals surface area (Å²) < 4.78 is 34.8. The van der Waals surface area contributed by atoms with E-state index in [4.69, 9.17) is 0 Å². The van der Waals surface area contributed by atoms with Gasteiger partial charge in [0.1, 0.15) is 5.82 Å². The van der Waals surface area contributed by atoms with Gasteiger partial charge in [0.15, 0.2) is 9.84 Å². The molecule has 0 spiro atoms. The summed E-state index contributed by atoms with van der Waals surface area (Å²) >= 11 is 0. The maximum atomic E-state index is 12.4. The first kappa shape index (κ1) is 9.19. The van der Waals surface area contributed by atoms with E-state index in [9.17, 15) is 12.8 Å². The van der Waals surface area contributed by atoms with Gasteiger partial charge in [-0.1, -0.05) is 6.92 Å². The van der Waals surface area contributed by atoms with Crippen LogP contribution in [0.15, 0.2) is 29.2 Å². The van der Waals surface area contributed by atoms with Gasteiger partial charge >= 0.3 is 0 Å². The summed E-state index contributed by atoms with van der Waals surface area (Å²) in [5, 5.41) is 0. The van der Waals surface area contributed by atoms with E-state index in [0.717, 1.165) is 12.1 Å². The first-order chi connectivity index (χ1) is 5.56. The minimum Gasteiger partial charge on any atom is -0.224 e. The van der Waals surface area contributed by atoms with Gasteiger partial charge in [0.2, 0.25) is 0 Å². The Hall–Kier alpha value is -0.900. The van der Waals surface area contributed by atoms with E-state index in [0.29, 0.717) is 0 Å².